The number of nitrogens with two attached hydrogens (primary N) is 1. The zero-order chi connectivity index (χ0) is 18.9. The van der Waals surface area contributed by atoms with Gasteiger partial charge in [-0.2, -0.15) is 11.8 Å². The number of fused-ring (bicyclic) bond motifs is 1. The predicted molar refractivity (Wildman–Crippen MR) is 108 cm³/mol. The molecule has 0 aromatic heterocycles. The van der Waals surface area contributed by atoms with Crippen LogP contribution in [0.15, 0.2) is 42.5 Å². The fourth-order valence-electron chi connectivity index (χ4n) is 2.83. The van der Waals surface area contributed by atoms with Gasteiger partial charge in [0.05, 0.1) is 6.04 Å². The van der Waals surface area contributed by atoms with E-state index < -0.39 is 18.1 Å². The summed E-state index contributed by atoms with van der Waals surface area (Å²) in [6, 6.07) is 13.4. The Morgan fingerprint density at radius 2 is 2.00 bits per heavy atom. The van der Waals surface area contributed by atoms with E-state index in [1.54, 1.807) is 11.8 Å². The molecule has 2 aromatic carbocycles. The number of thioether (sulfide) groups is 1. The molecule has 0 bridgehead atoms. The minimum atomic E-state index is -1.29. The summed E-state index contributed by atoms with van der Waals surface area (Å²) in [4.78, 5) is 12.1. The van der Waals surface area contributed by atoms with Gasteiger partial charge in [0.25, 0.3) is 0 Å². The van der Waals surface area contributed by atoms with Crippen molar-refractivity contribution in [2.75, 3.05) is 25.2 Å². The van der Waals surface area contributed by atoms with E-state index in [-0.39, 0.29) is 12.6 Å². The van der Waals surface area contributed by atoms with E-state index in [9.17, 15) is 9.90 Å². The first-order valence-electron chi connectivity index (χ1n) is 8.91. The van der Waals surface area contributed by atoms with Gasteiger partial charge in [0.2, 0.25) is 0 Å². The fraction of sp³-hybridized carbons (Fsp3) is 0.450. The number of aliphatic hydroxyl groups excluding tert-OH is 1. The molecule has 0 saturated carbocycles. The van der Waals surface area contributed by atoms with E-state index in [0.29, 0.717) is 6.42 Å². The number of hydrogen-bond donors (Lipinski definition) is 3. The van der Waals surface area contributed by atoms with Crippen LogP contribution in [-0.4, -0.2) is 48.4 Å². The zero-order valence-corrected chi connectivity index (χ0v) is 16.2. The van der Waals surface area contributed by atoms with Gasteiger partial charge in [0, 0.05) is 6.04 Å². The highest BCUT2D eigenvalue weighted by Crippen LogP contribution is 2.24. The summed E-state index contributed by atoms with van der Waals surface area (Å²) in [5.74, 6) is 1.14. The molecule has 0 amide bonds. The molecule has 0 radical (unpaired) electrons. The van der Waals surface area contributed by atoms with Crippen LogP contribution in [0.3, 0.4) is 0 Å². The number of benzene rings is 2. The highest BCUT2D eigenvalue weighted by Gasteiger charge is 2.25. The predicted octanol–water partition coefficient (Wildman–Crippen LogP) is 2.47. The highest BCUT2D eigenvalue weighted by molar-refractivity contribution is 7.99. The summed E-state index contributed by atoms with van der Waals surface area (Å²) in [5, 5.41) is 15.5. The van der Waals surface area contributed by atoms with E-state index >= 15 is 0 Å². The Morgan fingerprint density at radius 3 is 2.73 bits per heavy atom. The average molecular weight is 377 g/mol. The van der Waals surface area contributed by atoms with Crippen molar-refractivity contribution in [1.82, 2.24) is 5.32 Å². The maximum atomic E-state index is 12.1. The first kappa shape index (κ1) is 20.7. The van der Waals surface area contributed by atoms with E-state index in [4.69, 9.17) is 10.5 Å². The van der Waals surface area contributed by atoms with E-state index in [0.717, 1.165) is 27.8 Å². The largest absolute Gasteiger partial charge is 0.462 e. The molecular weight excluding hydrogens is 348 g/mol. The number of aliphatic hydroxyl groups is 1. The molecular formula is C20H28N2O3S. The molecule has 0 heterocycles. The summed E-state index contributed by atoms with van der Waals surface area (Å²) >= 11 is 1.73. The van der Waals surface area contributed by atoms with Crippen molar-refractivity contribution in [3.05, 3.63) is 48.0 Å². The maximum absolute atomic E-state index is 12.1. The minimum Gasteiger partial charge on any atom is -0.462 e. The van der Waals surface area contributed by atoms with Crippen LogP contribution in [0.5, 0.6) is 0 Å². The Morgan fingerprint density at radius 1 is 1.27 bits per heavy atom. The summed E-state index contributed by atoms with van der Waals surface area (Å²) < 4.78 is 5.35. The quantitative estimate of drug-likeness (QED) is 0.436. The van der Waals surface area contributed by atoms with E-state index in [1.165, 1.54) is 0 Å². The van der Waals surface area contributed by atoms with Crippen molar-refractivity contribution in [2.45, 2.75) is 31.5 Å². The smallest absolute Gasteiger partial charge is 0.336 e. The lowest BCUT2D eigenvalue weighted by atomic mass is 9.99. The van der Waals surface area contributed by atoms with Crippen LogP contribution in [0.4, 0.5) is 0 Å². The van der Waals surface area contributed by atoms with Crippen molar-refractivity contribution < 1.29 is 14.6 Å². The summed E-state index contributed by atoms with van der Waals surface area (Å²) in [6.45, 7) is 2.20. The molecule has 0 saturated heterocycles. The molecule has 0 spiro atoms. The van der Waals surface area contributed by atoms with E-state index in [2.05, 4.69) is 24.4 Å². The number of rotatable bonds is 10. The molecule has 0 aliphatic carbocycles. The second-order valence-electron chi connectivity index (χ2n) is 6.13. The molecule has 142 valence electrons. The minimum absolute atomic E-state index is 0.136. The zero-order valence-electron chi connectivity index (χ0n) is 15.4. The molecule has 0 unspecified atom stereocenters. The van der Waals surface area contributed by atoms with Gasteiger partial charge in [-0.1, -0.05) is 49.4 Å². The highest BCUT2D eigenvalue weighted by atomic mass is 32.2. The average Bonchev–Trinajstić information content (AvgIpc) is 2.67. The normalized spacial score (nSPS) is 14.8. The first-order chi connectivity index (χ1) is 12.6. The lowest BCUT2D eigenvalue weighted by molar-refractivity contribution is -0.155. The molecule has 2 rings (SSSR count). The second-order valence-corrected chi connectivity index (χ2v) is 7.53. The van der Waals surface area contributed by atoms with Crippen molar-refractivity contribution in [3.63, 3.8) is 0 Å². The molecule has 4 N–H and O–H groups in total. The second kappa shape index (κ2) is 10.5. The van der Waals surface area contributed by atoms with Gasteiger partial charge < -0.3 is 20.9 Å². The Kier molecular flexibility index (Phi) is 8.38. The number of carbonyl (C=O) groups excluding carboxylic acids is 1. The van der Waals surface area contributed by atoms with Crippen LogP contribution in [0.1, 0.15) is 24.9 Å². The number of carbonyl (C=O) groups is 1. The van der Waals surface area contributed by atoms with Gasteiger partial charge in [-0.15, -0.1) is 0 Å². The van der Waals surface area contributed by atoms with Gasteiger partial charge in [-0.3, -0.25) is 0 Å². The van der Waals surface area contributed by atoms with Crippen LogP contribution in [0.2, 0.25) is 0 Å². The van der Waals surface area contributed by atoms with Crippen molar-refractivity contribution in [2.24, 2.45) is 5.73 Å². The molecule has 3 atom stereocenters. The summed E-state index contributed by atoms with van der Waals surface area (Å²) in [5.41, 5.74) is 6.96. The molecule has 0 aliphatic heterocycles. The van der Waals surface area contributed by atoms with Gasteiger partial charge in [0.15, 0.2) is 6.10 Å². The van der Waals surface area contributed by atoms with Crippen LogP contribution < -0.4 is 11.1 Å². The Bertz CT molecular complexity index is 705. The molecule has 6 heteroatoms. The number of ether oxygens (including phenoxy) is 1. The van der Waals surface area contributed by atoms with Crippen LogP contribution in [0.25, 0.3) is 10.8 Å². The summed E-state index contributed by atoms with van der Waals surface area (Å²) in [6.07, 6.45) is -0.717. The number of hydrogen-bond acceptors (Lipinski definition) is 6. The first-order valence-corrected chi connectivity index (χ1v) is 10.1. The fourth-order valence-corrected chi connectivity index (χ4v) is 3.56. The van der Waals surface area contributed by atoms with Gasteiger partial charge in [-0.05, 0) is 41.3 Å². The molecule has 0 fully saturated rings. The molecule has 2 aromatic rings. The third-order valence-electron chi connectivity index (χ3n) is 4.39. The van der Waals surface area contributed by atoms with Crippen LogP contribution >= 0.6 is 11.8 Å². The van der Waals surface area contributed by atoms with Crippen molar-refractivity contribution >= 4 is 28.5 Å². The molecule has 26 heavy (non-hydrogen) atoms. The van der Waals surface area contributed by atoms with Gasteiger partial charge in [0.1, 0.15) is 6.61 Å². The Balaban J connectivity index is 1.98. The topological polar surface area (TPSA) is 84.6 Å². The standard InChI is InChI=1S/C20H28N2O3S/c1-3-26-12-11-17(21)19(23)20(24)25-13-18(22-2)16-10-6-8-14-7-4-5-9-15(14)16/h4-10,17-19,22-23H,3,11-13,21H2,1-2H3/t17-,18-,19+/m1/s1. The maximum Gasteiger partial charge on any atom is 0.336 e. The third kappa shape index (κ3) is 5.45. The van der Waals surface area contributed by atoms with Crippen molar-refractivity contribution in [3.8, 4) is 0 Å². The molecule has 0 aliphatic rings. The molecule has 5 nitrogen and oxygen atoms in total. The third-order valence-corrected chi connectivity index (χ3v) is 5.32. The number of nitrogens with one attached hydrogen (secondary N) is 1. The monoisotopic (exact) mass is 376 g/mol. The van der Waals surface area contributed by atoms with Crippen LogP contribution in [-0.2, 0) is 9.53 Å². The lowest BCUT2D eigenvalue weighted by Gasteiger charge is -2.21. The van der Waals surface area contributed by atoms with E-state index in [1.807, 2.05) is 37.4 Å². The Hall–Kier alpha value is -1.60. The van der Waals surface area contributed by atoms with Crippen LogP contribution in [0, 0.1) is 0 Å². The number of esters is 1. The van der Waals surface area contributed by atoms with Gasteiger partial charge in [-0.25, -0.2) is 4.79 Å². The van der Waals surface area contributed by atoms with Gasteiger partial charge >= 0.3 is 5.97 Å². The SMILES string of the molecule is CCSCC[C@@H](N)[C@H](O)C(=O)OC[C@@H](NC)c1cccc2ccccc12. The van der Waals surface area contributed by atoms with Crippen molar-refractivity contribution in [1.29, 1.82) is 0 Å². The summed E-state index contributed by atoms with van der Waals surface area (Å²) in [7, 11) is 1.82. The number of likely N-dealkylation sites (N-methyl/N-ethyl adjacent to an activating group) is 1. The Labute approximate surface area is 159 Å². The lowest BCUT2D eigenvalue weighted by Crippen LogP contribution is -2.42.